The number of sulfonamides is 1. The summed E-state index contributed by atoms with van der Waals surface area (Å²) in [5, 5.41) is 0.840. The zero-order valence-electron chi connectivity index (χ0n) is 17.7. The number of fused-ring (bicyclic) bond motifs is 1. The van der Waals surface area contributed by atoms with Gasteiger partial charge in [0.1, 0.15) is 11.2 Å². The van der Waals surface area contributed by atoms with Crippen molar-refractivity contribution in [2.75, 3.05) is 32.8 Å². The second-order valence-corrected chi connectivity index (χ2v) is 10.7. The van der Waals surface area contributed by atoms with Gasteiger partial charge in [0, 0.05) is 31.1 Å². The first-order chi connectivity index (χ1) is 14.8. The molecule has 3 aromatic rings. The van der Waals surface area contributed by atoms with Crippen molar-refractivity contribution in [3.63, 3.8) is 0 Å². The molecule has 2 aromatic heterocycles. The summed E-state index contributed by atoms with van der Waals surface area (Å²) in [6.45, 7) is 6.92. The van der Waals surface area contributed by atoms with Gasteiger partial charge in [0.25, 0.3) is 5.91 Å². The standard InChI is InChI=1S/C21H24N4O4S2/c1-14-4-6-17(7-5-14)31(27,28)25-10-8-24(9-11-25)18(26)12-29-20-19-15(2)16(3)30-21(19)23-13-22-20/h4-7,13H,8-12H2,1-3H3. The Kier molecular flexibility index (Phi) is 5.96. The molecule has 0 atom stereocenters. The van der Waals surface area contributed by atoms with Crippen LogP contribution in [0, 0.1) is 20.8 Å². The van der Waals surface area contributed by atoms with Crippen LogP contribution < -0.4 is 4.74 Å². The molecule has 1 aliphatic rings. The molecule has 0 radical (unpaired) electrons. The fraction of sp³-hybridized carbons (Fsp3) is 0.381. The van der Waals surface area contributed by atoms with Gasteiger partial charge >= 0.3 is 0 Å². The van der Waals surface area contributed by atoms with E-state index >= 15 is 0 Å². The van der Waals surface area contributed by atoms with Gasteiger partial charge in [-0.1, -0.05) is 17.7 Å². The molecule has 1 aromatic carbocycles. The molecular formula is C21H24N4O4S2. The number of benzene rings is 1. The van der Waals surface area contributed by atoms with Crippen LogP contribution in [0.25, 0.3) is 10.2 Å². The van der Waals surface area contributed by atoms with Crippen molar-refractivity contribution >= 4 is 37.5 Å². The van der Waals surface area contributed by atoms with Crippen molar-refractivity contribution in [1.82, 2.24) is 19.2 Å². The summed E-state index contributed by atoms with van der Waals surface area (Å²) in [4.78, 5) is 25.0. The molecule has 1 amide bonds. The van der Waals surface area contributed by atoms with Gasteiger partial charge in [-0.2, -0.15) is 4.31 Å². The summed E-state index contributed by atoms with van der Waals surface area (Å²) in [6.07, 6.45) is 1.44. The van der Waals surface area contributed by atoms with Crippen LogP contribution in [0.2, 0.25) is 0 Å². The number of hydrogen-bond donors (Lipinski definition) is 0. The van der Waals surface area contributed by atoms with Crippen LogP contribution in [0.15, 0.2) is 35.5 Å². The van der Waals surface area contributed by atoms with E-state index in [0.717, 1.165) is 26.2 Å². The van der Waals surface area contributed by atoms with E-state index in [1.54, 1.807) is 40.5 Å². The highest BCUT2D eigenvalue weighted by Crippen LogP contribution is 2.33. The van der Waals surface area contributed by atoms with Crippen molar-refractivity contribution in [3.8, 4) is 5.88 Å². The Morgan fingerprint density at radius 1 is 1.06 bits per heavy atom. The number of ether oxygens (including phenoxy) is 1. The summed E-state index contributed by atoms with van der Waals surface area (Å²) < 4.78 is 32.8. The van der Waals surface area contributed by atoms with Gasteiger partial charge < -0.3 is 9.64 Å². The Labute approximate surface area is 185 Å². The summed E-state index contributed by atoms with van der Waals surface area (Å²) >= 11 is 1.57. The van der Waals surface area contributed by atoms with E-state index in [-0.39, 0.29) is 30.5 Å². The lowest BCUT2D eigenvalue weighted by molar-refractivity contribution is -0.134. The zero-order valence-corrected chi connectivity index (χ0v) is 19.3. The summed E-state index contributed by atoms with van der Waals surface area (Å²) in [7, 11) is -3.56. The molecule has 31 heavy (non-hydrogen) atoms. The first-order valence-electron chi connectivity index (χ1n) is 9.95. The van der Waals surface area contributed by atoms with E-state index in [1.807, 2.05) is 20.8 Å². The third-order valence-corrected chi connectivity index (χ3v) is 8.54. The molecule has 4 rings (SSSR count). The largest absolute Gasteiger partial charge is 0.467 e. The molecule has 0 spiro atoms. The quantitative estimate of drug-likeness (QED) is 0.581. The Hall–Kier alpha value is -2.56. The molecular weight excluding hydrogens is 436 g/mol. The summed E-state index contributed by atoms with van der Waals surface area (Å²) in [6, 6.07) is 6.80. The van der Waals surface area contributed by atoms with E-state index in [9.17, 15) is 13.2 Å². The van der Waals surface area contributed by atoms with Crippen molar-refractivity contribution in [3.05, 3.63) is 46.6 Å². The first kappa shape index (κ1) is 21.7. The highest BCUT2D eigenvalue weighted by atomic mass is 32.2. The smallest absolute Gasteiger partial charge is 0.260 e. The highest BCUT2D eigenvalue weighted by molar-refractivity contribution is 7.89. The maximum Gasteiger partial charge on any atom is 0.260 e. The molecule has 0 bridgehead atoms. The van der Waals surface area contributed by atoms with Gasteiger partial charge in [0.15, 0.2) is 6.61 Å². The molecule has 0 saturated carbocycles. The fourth-order valence-electron chi connectivity index (χ4n) is 3.52. The number of amides is 1. The van der Waals surface area contributed by atoms with Crippen LogP contribution in [-0.4, -0.2) is 66.3 Å². The monoisotopic (exact) mass is 460 g/mol. The van der Waals surface area contributed by atoms with Gasteiger partial charge in [0.05, 0.1) is 10.3 Å². The van der Waals surface area contributed by atoms with E-state index in [4.69, 9.17) is 4.74 Å². The van der Waals surface area contributed by atoms with Crippen molar-refractivity contribution in [2.24, 2.45) is 0 Å². The van der Waals surface area contributed by atoms with Crippen LogP contribution in [0.3, 0.4) is 0 Å². The minimum atomic E-state index is -3.56. The van der Waals surface area contributed by atoms with E-state index in [1.165, 1.54) is 10.6 Å². The van der Waals surface area contributed by atoms with E-state index < -0.39 is 10.0 Å². The van der Waals surface area contributed by atoms with Gasteiger partial charge in [-0.25, -0.2) is 18.4 Å². The number of carbonyl (C=O) groups is 1. The van der Waals surface area contributed by atoms with Gasteiger partial charge in [-0.05, 0) is 38.5 Å². The van der Waals surface area contributed by atoms with E-state index in [0.29, 0.717) is 19.0 Å². The van der Waals surface area contributed by atoms with Crippen molar-refractivity contribution in [1.29, 1.82) is 0 Å². The molecule has 164 valence electrons. The Bertz CT molecular complexity index is 1210. The number of thiophene rings is 1. The predicted octanol–water partition coefficient (Wildman–Crippen LogP) is 2.53. The average Bonchev–Trinajstić information content (AvgIpc) is 3.06. The predicted molar refractivity (Wildman–Crippen MR) is 119 cm³/mol. The second-order valence-electron chi connectivity index (χ2n) is 7.53. The summed E-state index contributed by atoms with van der Waals surface area (Å²) in [5.74, 6) is 0.213. The molecule has 1 fully saturated rings. The topological polar surface area (TPSA) is 92.7 Å². The first-order valence-corrected chi connectivity index (χ1v) is 12.2. The minimum Gasteiger partial charge on any atom is -0.467 e. The van der Waals surface area contributed by atoms with Crippen molar-refractivity contribution < 1.29 is 17.9 Å². The van der Waals surface area contributed by atoms with Crippen LogP contribution >= 0.6 is 11.3 Å². The van der Waals surface area contributed by atoms with Crippen LogP contribution in [0.5, 0.6) is 5.88 Å². The molecule has 1 saturated heterocycles. The van der Waals surface area contributed by atoms with Crippen LogP contribution in [0.4, 0.5) is 0 Å². The fourth-order valence-corrected chi connectivity index (χ4v) is 5.93. The van der Waals surface area contributed by atoms with Gasteiger partial charge in [-0.15, -0.1) is 11.3 Å². The number of aromatic nitrogens is 2. The Balaban J connectivity index is 1.37. The molecule has 0 unspecified atom stereocenters. The summed E-state index contributed by atoms with van der Waals surface area (Å²) in [5.41, 5.74) is 2.06. The van der Waals surface area contributed by atoms with Gasteiger partial charge in [0.2, 0.25) is 15.9 Å². The number of aryl methyl sites for hydroxylation is 3. The number of carbonyl (C=O) groups excluding carboxylic acids is 1. The maximum atomic E-state index is 12.8. The average molecular weight is 461 g/mol. The lowest BCUT2D eigenvalue weighted by Crippen LogP contribution is -2.51. The van der Waals surface area contributed by atoms with Gasteiger partial charge in [-0.3, -0.25) is 4.79 Å². The lowest BCUT2D eigenvalue weighted by Gasteiger charge is -2.33. The zero-order chi connectivity index (χ0) is 22.2. The molecule has 1 aliphatic heterocycles. The second kappa shape index (κ2) is 8.52. The Morgan fingerprint density at radius 2 is 1.74 bits per heavy atom. The molecule has 10 heteroatoms. The third kappa shape index (κ3) is 4.28. The van der Waals surface area contributed by atoms with Crippen LogP contribution in [-0.2, 0) is 14.8 Å². The number of piperazine rings is 1. The lowest BCUT2D eigenvalue weighted by atomic mass is 10.2. The normalized spacial score (nSPS) is 15.4. The maximum absolute atomic E-state index is 12.8. The SMILES string of the molecule is Cc1ccc(S(=O)(=O)N2CCN(C(=O)COc3ncnc4sc(C)c(C)c34)CC2)cc1. The molecule has 3 heterocycles. The Morgan fingerprint density at radius 3 is 2.42 bits per heavy atom. The minimum absolute atomic E-state index is 0.148. The molecule has 0 aliphatic carbocycles. The number of nitrogens with zero attached hydrogens (tertiary/aromatic N) is 4. The number of rotatable bonds is 5. The van der Waals surface area contributed by atoms with Crippen molar-refractivity contribution in [2.45, 2.75) is 25.7 Å². The van der Waals surface area contributed by atoms with Crippen LogP contribution in [0.1, 0.15) is 16.0 Å². The highest BCUT2D eigenvalue weighted by Gasteiger charge is 2.30. The molecule has 0 N–H and O–H groups in total. The third-order valence-electron chi connectivity index (χ3n) is 5.51. The number of hydrogen-bond acceptors (Lipinski definition) is 7. The van der Waals surface area contributed by atoms with E-state index in [2.05, 4.69) is 9.97 Å². The molecule has 8 nitrogen and oxygen atoms in total.